The van der Waals surface area contributed by atoms with E-state index in [9.17, 15) is 14.4 Å². The molecule has 5 heterocycles. The van der Waals surface area contributed by atoms with Crippen LogP contribution in [0.3, 0.4) is 0 Å². The third-order valence-electron chi connectivity index (χ3n) is 10.6. The third kappa shape index (κ3) is 10.3. The Kier molecular flexibility index (Phi) is 14.0. The fraction of sp³-hybridized carbons (Fsp3) is 0.439. The molecule has 4 aromatic rings. The van der Waals surface area contributed by atoms with Crippen molar-refractivity contribution in [3.8, 4) is 5.00 Å². The molecule has 3 aliphatic rings. The highest BCUT2D eigenvalue weighted by molar-refractivity contribution is 7.15. The predicted octanol–water partition coefficient (Wildman–Crippen LogP) is 6.61. The summed E-state index contributed by atoms with van der Waals surface area (Å²) in [5.74, 6) is 1.79. The highest BCUT2D eigenvalue weighted by atomic mass is 35.5. The number of thiophene rings is 1. The number of benzene rings is 2. The number of hydrazone groups is 1. The molecule has 1 atom stereocenters. The largest absolute Gasteiger partial charge is 0.377 e. The molecule has 2 aromatic heterocycles. The number of carbonyl (C=O) groups excluding carboxylic acids is 3. The lowest BCUT2D eigenvalue weighted by Crippen LogP contribution is -2.41. The van der Waals surface area contributed by atoms with Gasteiger partial charge in [0.2, 0.25) is 17.7 Å². The van der Waals surface area contributed by atoms with Gasteiger partial charge >= 0.3 is 0 Å². The first-order chi connectivity index (χ1) is 28.4. The smallest absolute Gasteiger partial charge is 0.248 e. The molecule has 1 saturated heterocycles. The molecule has 0 unspecified atom stereocenters. The SMILES string of the molecule is Cc1sc2c(c1C)C(c1ccc(Cl)cc1)=N[C@@H](CC(=O)NCCOCCOCC(=O)N1CCC(CC(=O)NC3=NN(c4ccc(Cl)c(Cl)c4)CC3)CC1)c1nnc(C)n1-2. The maximum absolute atomic E-state index is 13.2. The van der Waals surface area contributed by atoms with Crippen molar-refractivity contribution < 1.29 is 23.9 Å². The summed E-state index contributed by atoms with van der Waals surface area (Å²) in [6, 6.07) is 12.3. The predicted molar refractivity (Wildman–Crippen MR) is 230 cm³/mol. The second kappa shape index (κ2) is 19.3. The van der Waals surface area contributed by atoms with Crippen molar-refractivity contribution in [3.05, 3.63) is 90.7 Å². The lowest BCUT2D eigenvalue weighted by molar-refractivity contribution is -0.138. The molecule has 312 valence electrons. The maximum atomic E-state index is 13.2. The van der Waals surface area contributed by atoms with Crippen LogP contribution in [0.4, 0.5) is 5.69 Å². The van der Waals surface area contributed by atoms with E-state index in [0.717, 1.165) is 51.8 Å². The normalized spacial score (nSPS) is 16.6. The molecule has 0 aliphatic carbocycles. The van der Waals surface area contributed by atoms with Crippen molar-refractivity contribution in [1.82, 2.24) is 30.3 Å². The Morgan fingerprint density at radius 3 is 2.41 bits per heavy atom. The maximum Gasteiger partial charge on any atom is 0.248 e. The number of fused-ring (bicyclic) bond motifs is 3. The van der Waals surface area contributed by atoms with Gasteiger partial charge in [0, 0.05) is 60.0 Å². The number of ether oxygens (including phenoxy) is 2. The standard InChI is InChI=1S/C41H46Cl3N9O5S/c1-24-25(2)59-41-38(24)39(28-4-6-29(42)7-5-28)46-33(40-49-48-26(3)53(40)41)22-35(54)45-13-17-57-18-19-58-23-37(56)51-14-10-27(11-15-51)20-36(55)47-34-12-16-52(50-34)30-8-9-31(43)32(44)21-30/h4-9,21,27,33H,10-20,22-23H2,1-3H3,(H,45,54)(H,47,50,55)/t33-/m0/s1. The Labute approximate surface area is 361 Å². The van der Waals surface area contributed by atoms with Crippen LogP contribution in [0.15, 0.2) is 52.6 Å². The molecule has 59 heavy (non-hydrogen) atoms. The molecule has 2 aromatic carbocycles. The number of likely N-dealkylation sites (tertiary alicyclic amines) is 1. The Balaban J connectivity index is 0.790. The van der Waals surface area contributed by atoms with E-state index in [1.54, 1.807) is 33.4 Å². The van der Waals surface area contributed by atoms with Crippen molar-refractivity contribution in [2.45, 2.75) is 58.9 Å². The van der Waals surface area contributed by atoms with Gasteiger partial charge < -0.3 is 25.0 Å². The molecular weight excluding hydrogens is 837 g/mol. The molecule has 0 bridgehead atoms. The zero-order valence-electron chi connectivity index (χ0n) is 33.1. The van der Waals surface area contributed by atoms with Crippen LogP contribution in [0.2, 0.25) is 15.1 Å². The van der Waals surface area contributed by atoms with Gasteiger partial charge in [-0.3, -0.25) is 29.0 Å². The molecule has 1 fully saturated rings. The molecule has 2 N–H and O–H groups in total. The summed E-state index contributed by atoms with van der Waals surface area (Å²) in [5, 5.41) is 23.6. The van der Waals surface area contributed by atoms with Gasteiger partial charge in [0.05, 0.1) is 47.7 Å². The molecule has 7 rings (SSSR count). The lowest BCUT2D eigenvalue weighted by Gasteiger charge is -2.31. The van der Waals surface area contributed by atoms with Gasteiger partial charge in [-0.15, -0.1) is 21.5 Å². The van der Waals surface area contributed by atoms with Crippen LogP contribution in [0.1, 0.15) is 71.4 Å². The average molecular weight is 883 g/mol. The number of halogens is 3. The zero-order valence-corrected chi connectivity index (χ0v) is 36.2. The number of hydrogen-bond donors (Lipinski definition) is 2. The van der Waals surface area contributed by atoms with Crippen LogP contribution in [0.25, 0.3) is 5.00 Å². The number of anilines is 1. The topological polar surface area (TPSA) is 156 Å². The minimum Gasteiger partial charge on any atom is -0.377 e. The minimum atomic E-state index is -0.565. The monoisotopic (exact) mass is 881 g/mol. The van der Waals surface area contributed by atoms with Gasteiger partial charge in [-0.2, -0.15) is 5.10 Å². The average Bonchev–Trinajstić information content (AvgIpc) is 3.90. The number of amides is 3. The van der Waals surface area contributed by atoms with E-state index in [4.69, 9.17) is 49.3 Å². The van der Waals surface area contributed by atoms with Crippen molar-refractivity contribution in [2.75, 3.05) is 57.6 Å². The summed E-state index contributed by atoms with van der Waals surface area (Å²) in [6.07, 6.45) is 2.55. The summed E-state index contributed by atoms with van der Waals surface area (Å²) < 4.78 is 13.3. The first kappa shape index (κ1) is 42.7. The third-order valence-corrected chi connectivity index (χ3v) is 12.8. The molecular formula is C41H46Cl3N9O5S. The molecule has 0 spiro atoms. The van der Waals surface area contributed by atoms with E-state index in [0.29, 0.717) is 65.7 Å². The van der Waals surface area contributed by atoms with Crippen LogP contribution in [0, 0.1) is 26.7 Å². The highest BCUT2D eigenvalue weighted by Gasteiger charge is 2.32. The molecule has 14 nitrogen and oxygen atoms in total. The van der Waals surface area contributed by atoms with Crippen LogP contribution in [0.5, 0.6) is 0 Å². The molecule has 0 saturated carbocycles. The van der Waals surface area contributed by atoms with Gasteiger partial charge in [0.1, 0.15) is 29.3 Å². The first-order valence-electron chi connectivity index (χ1n) is 19.6. The minimum absolute atomic E-state index is 0.0455. The van der Waals surface area contributed by atoms with Crippen LogP contribution < -0.4 is 15.6 Å². The zero-order chi connectivity index (χ0) is 41.6. The number of piperidine rings is 1. The highest BCUT2D eigenvalue weighted by Crippen LogP contribution is 2.39. The Morgan fingerprint density at radius 1 is 0.881 bits per heavy atom. The van der Waals surface area contributed by atoms with Crippen molar-refractivity contribution in [2.24, 2.45) is 16.0 Å². The van der Waals surface area contributed by atoms with E-state index in [2.05, 4.69) is 39.8 Å². The van der Waals surface area contributed by atoms with Gasteiger partial charge in [-0.05, 0) is 75.4 Å². The number of nitrogens with zero attached hydrogens (tertiary/aromatic N) is 7. The summed E-state index contributed by atoms with van der Waals surface area (Å²) >= 11 is 20.0. The van der Waals surface area contributed by atoms with Crippen LogP contribution in [-0.4, -0.2) is 102 Å². The Hall–Kier alpha value is -4.38. The van der Waals surface area contributed by atoms with Gasteiger partial charge in [0.15, 0.2) is 5.82 Å². The van der Waals surface area contributed by atoms with E-state index < -0.39 is 6.04 Å². The van der Waals surface area contributed by atoms with Crippen molar-refractivity contribution in [1.29, 1.82) is 0 Å². The first-order valence-corrected chi connectivity index (χ1v) is 21.6. The number of rotatable bonds is 14. The number of carbonyl (C=O) groups is 3. The quantitative estimate of drug-likeness (QED) is 0.134. The molecule has 18 heteroatoms. The summed E-state index contributed by atoms with van der Waals surface area (Å²) in [4.78, 5) is 46.9. The number of aryl methyl sites for hydroxylation is 2. The van der Waals surface area contributed by atoms with Crippen LogP contribution in [-0.2, 0) is 23.9 Å². The van der Waals surface area contributed by atoms with Gasteiger partial charge in [-0.1, -0.05) is 46.9 Å². The van der Waals surface area contributed by atoms with Crippen LogP contribution >= 0.6 is 46.1 Å². The van der Waals surface area contributed by atoms with E-state index in [1.807, 2.05) is 41.8 Å². The lowest BCUT2D eigenvalue weighted by atomic mass is 9.93. The number of amidine groups is 1. The number of aliphatic imine (C=N–C) groups is 1. The molecule has 0 radical (unpaired) electrons. The van der Waals surface area contributed by atoms with E-state index in [1.165, 1.54) is 4.88 Å². The molecule has 3 amide bonds. The fourth-order valence-electron chi connectivity index (χ4n) is 7.35. The summed E-state index contributed by atoms with van der Waals surface area (Å²) in [7, 11) is 0. The van der Waals surface area contributed by atoms with E-state index in [-0.39, 0.29) is 56.5 Å². The number of nitrogens with one attached hydrogen (secondary N) is 2. The second-order valence-corrected chi connectivity index (χ2v) is 17.2. The molecule has 3 aliphatic heterocycles. The number of aromatic nitrogens is 3. The Morgan fingerprint density at radius 2 is 1.64 bits per heavy atom. The van der Waals surface area contributed by atoms with Crippen molar-refractivity contribution in [3.63, 3.8) is 0 Å². The fourth-order valence-corrected chi connectivity index (χ4v) is 8.98. The summed E-state index contributed by atoms with van der Waals surface area (Å²) in [5.41, 5.74) is 4.64. The van der Waals surface area contributed by atoms with Gasteiger partial charge in [-0.25, -0.2) is 0 Å². The van der Waals surface area contributed by atoms with E-state index >= 15 is 0 Å². The van der Waals surface area contributed by atoms with Crippen molar-refractivity contribution >= 4 is 81.1 Å². The Bertz CT molecular complexity index is 2250. The summed E-state index contributed by atoms with van der Waals surface area (Å²) in [6.45, 7) is 8.91. The van der Waals surface area contributed by atoms with Gasteiger partial charge in [0.25, 0.3) is 0 Å². The number of hydrogen-bond acceptors (Lipinski definition) is 11. The second-order valence-electron chi connectivity index (χ2n) is 14.7.